The van der Waals surface area contributed by atoms with Gasteiger partial charge in [-0.1, -0.05) is 102 Å². The normalized spacial score (nSPS) is 11.7. The Morgan fingerprint density at radius 1 is 0.592 bits per heavy atom. The Hall–Kier alpha value is -5.35. The van der Waals surface area contributed by atoms with Gasteiger partial charge in [-0.3, -0.25) is 0 Å². The molecule has 0 aliphatic carbocycles. The van der Waals surface area contributed by atoms with E-state index in [4.69, 9.17) is 8.83 Å². The average Bonchev–Trinajstić information content (AvgIpc) is 3.70. The van der Waals surface area contributed by atoms with Crippen LogP contribution >= 0.6 is 0 Å². The molecule has 49 heavy (non-hydrogen) atoms. The number of aromatic nitrogens is 2. The third kappa shape index (κ3) is 6.31. The van der Waals surface area contributed by atoms with Crippen molar-refractivity contribution in [1.82, 2.24) is 9.97 Å². The number of rotatable bonds is 4. The third-order valence-electron chi connectivity index (χ3n) is 8.93. The van der Waals surface area contributed by atoms with Crippen LogP contribution in [0.3, 0.4) is 0 Å². The summed E-state index contributed by atoms with van der Waals surface area (Å²) in [5.74, 6) is 0.312. The molecule has 0 fully saturated rings. The van der Waals surface area contributed by atoms with Crippen molar-refractivity contribution in [3.05, 3.63) is 168 Å². The van der Waals surface area contributed by atoms with Crippen molar-refractivity contribution in [2.75, 3.05) is 0 Å². The van der Waals surface area contributed by atoms with Gasteiger partial charge in [0.25, 0.3) is 0 Å². The van der Waals surface area contributed by atoms with Crippen molar-refractivity contribution in [2.24, 2.45) is 0 Å². The first-order valence-electron chi connectivity index (χ1n) is 16.1. The molecule has 4 aromatic heterocycles. The Balaban J connectivity index is 0.000000156. The first-order valence-corrected chi connectivity index (χ1v) is 16.1. The summed E-state index contributed by atoms with van der Waals surface area (Å²) in [6.07, 6.45) is 3.75. The zero-order chi connectivity index (χ0) is 32.6. The minimum Gasteiger partial charge on any atom is -0.501 e. The molecule has 5 aromatic carbocycles. The van der Waals surface area contributed by atoms with E-state index in [0.29, 0.717) is 5.92 Å². The van der Waals surface area contributed by atoms with E-state index in [9.17, 15) is 0 Å². The molecule has 0 N–H and O–H groups in total. The van der Waals surface area contributed by atoms with Crippen LogP contribution in [0.25, 0.3) is 66.4 Å². The number of hydrogen-bond donors (Lipinski definition) is 0. The molecule has 241 valence electrons. The van der Waals surface area contributed by atoms with Gasteiger partial charge in [-0.25, -0.2) is 0 Å². The van der Waals surface area contributed by atoms with Crippen LogP contribution in [0.2, 0.25) is 0 Å². The number of pyridine rings is 2. The molecule has 1 atom stereocenters. The van der Waals surface area contributed by atoms with Gasteiger partial charge in [-0.2, -0.15) is 0 Å². The largest absolute Gasteiger partial charge is 0.501 e. The molecule has 0 aliphatic rings. The first kappa shape index (κ1) is 32.2. The van der Waals surface area contributed by atoms with E-state index in [1.807, 2.05) is 67.8 Å². The SMILES string of the molecule is CC(c1ccccc1)c1ccnc(-c2[c-]cc3oc4ccccc4c3c2)c1.Cc1ccc(-c2[c-]ccc3c2oc2cc(C)ccc23)nc1.[Ir]. The van der Waals surface area contributed by atoms with Gasteiger partial charge < -0.3 is 18.8 Å². The Labute approximate surface area is 298 Å². The fourth-order valence-electron chi connectivity index (χ4n) is 6.27. The van der Waals surface area contributed by atoms with Crippen molar-refractivity contribution in [3.63, 3.8) is 0 Å². The minimum atomic E-state index is 0. The number of para-hydroxylation sites is 1. The summed E-state index contributed by atoms with van der Waals surface area (Å²) in [6, 6.07) is 47.9. The van der Waals surface area contributed by atoms with Crippen LogP contribution in [0.1, 0.15) is 35.1 Å². The fraction of sp³-hybridized carbons (Fsp3) is 0.0909. The van der Waals surface area contributed by atoms with Crippen LogP contribution in [0, 0.1) is 26.0 Å². The maximum absolute atomic E-state index is 6.08. The second kappa shape index (κ2) is 13.6. The first-order chi connectivity index (χ1) is 23.5. The summed E-state index contributed by atoms with van der Waals surface area (Å²) < 4.78 is 12.0. The van der Waals surface area contributed by atoms with Crippen LogP contribution < -0.4 is 0 Å². The Kier molecular flexibility index (Phi) is 8.97. The topological polar surface area (TPSA) is 52.1 Å². The Morgan fingerprint density at radius 2 is 1.39 bits per heavy atom. The molecule has 4 nitrogen and oxygen atoms in total. The maximum atomic E-state index is 6.08. The van der Waals surface area contributed by atoms with Gasteiger partial charge in [0, 0.05) is 49.2 Å². The van der Waals surface area contributed by atoms with Gasteiger partial charge in [0.15, 0.2) is 0 Å². The van der Waals surface area contributed by atoms with Crippen molar-refractivity contribution in [3.8, 4) is 22.5 Å². The molecule has 0 saturated carbocycles. The van der Waals surface area contributed by atoms with Crippen LogP contribution in [0.4, 0.5) is 0 Å². The van der Waals surface area contributed by atoms with Crippen molar-refractivity contribution in [2.45, 2.75) is 26.7 Å². The summed E-state index contributed by atoms with van der Waals surface area (Å²) in [6.45, 7) is 6.33. The Bertz CT molecular complexity index is 2550. The number of benzene rings is 5. The van der Waals surface area contributed by atoms with E-state index in [2.05, 4.69) is 109 Å². The van der Waals surface area contributed by atoms with Crippen molar-refractivity contribution < 1.29 is 28.9 Å². The molecule has 1 unspecified atom stereocenters. The maximum Gasteiger partial charge on any atom is 0.121 e. The van der Waals surface area contributed by atoms with Crippen LogP contribution in [-0.2, 0) is 20.1 Å². The van der Waals surface area contributed by atoms with Crippen molar-refractivity contribution in [1.29, 1.82) is 0 Å². The third-order valence-corrected chi connectivity index (χ3v) is 8.93. The molecule has 4 heterocycles. The van der Waals surface area contributed by atoms with E-state index >= 15 is 0 Å². The molecule has 0 saturated heterocycles. The van der Waals surface area contributed by atoms with E-state index in [1.165, 1.54) is 16.7 Å². The predicted molar refractivity (Wildman–Crippen MR) is 195 cm³/mol. The summed E-state index contributed by atoms with van der Waals surface area (Å²) >= 11 is 0. The molecule has 0 spiro atoms. The van der Waals surface area contributed by atoms with Crippen LogP contribution in [0.5, 0.6) is 0 Å². The molecule has 9 rings (SSSR count). The second-order valence-corrected chi connectivity index (χ2v) is 12.2. The molecule has 0 bridgehead atoms. The fourth-order valence-corrected chi connectivity index (χ4v) is 6.27. The van der Waals surface area contributed by atoms with Gasteiger partial charge in [0.05, 0.1) is 11.2 Å². The summed E-state index contributed by atoms with van der Waals surface area (Å²) in [7, 11) is 0. The summed E-state index contributed by atoms with van der Waals surface area (Å²) in [4.78, 5) is 9.09. The molecular formula is C44H32IrN2O2-2. The number of hydrogen-bond acceptors (Lipinski definition) is 4. The van der Waals surface area contributed by atoms with Crippen LogP contribution in [-0.4, -0.2) is 9.97 Å². The van der Waals surface area contributed by atoms with E-state index in [-0.39, 0.29) is 20.1 Å². The number of nitrogens with zero attached hydrogens (tertiary/aromatic N) is 2. The molecule has 0 aliphatic heterocycles. The van der Waals surface area contributed by atoms with Crippen molar-refractivity contribution >= 4 is 43.9 Å². The van der Waals surface area contributed by atoms with E-state index < -0.39 is 0 Å². The van der Waals surface area contributed by atoms with Crippen LogP contribution in [0.15, 0.2) is 143 Å². The molecular weight excluding hydrogens is 781 g/mol. The summed E-state index contributed by atoms with van der Waals surface area (Å²) in [5.41, 5.74) is 12.1. The van der Waals surface area contributed by atoms with Gasteiger partial charge >= 0.3 is 0 Å². The number of aryl methyl sites for hydroxylation is 2. The standard InChI is InChI=1S/C25H18NO.C19H14NO.Ir/c1-17(18-7-3-2-4-8-18)19-13-14-26-23(16-19)20-11-12-25-22(15-20)21-9-5-6-10-24(21)27-25;1-12-6-8-14-15-4-3-5-16(19(15)21-18(14)10-12)17-9-7-13(2)11-20-17;/h2-10,12-17H,1H3;3-4,6-11H,1-2H3;/q2*-1;. The van der Waals surface area contributed by atoms with E-state index in [1.54, 1.807) is 0 Å². The van der Waals surface area contributed by atoms with Gasteiger partial charge in [-0.05, 0) is 65.7 Å². The smallest absolute Gasteiger partial charge is 0.121 e. The zero-order valence-corrected chi connectivity index (χ0v) is 29.7. The second-order valence-electron chi connectivity index (χ2n) is 12.2. The van der Waals surface area contributed by atoms with Gasteiger partial charge in [0.2, 0.25) is 0 Å². The monoisotopic (exact) mass is 813 g/mol. The average molecular weight is 813 g/mol. The minimum absolute atomic E-state index is 0. The quantitative estimate of drug-likeness (QED) is 0.166. The molecule has 1 radical (unpaired) electrons. The predicted octanol–water partition coefficient (Wildman–Crippen LogP) is 11.7. The summed E-state index contributed by atoms with van der Waals surface area (Å²) in [5, 5.41) is 4.47. The zero-order valence-electron chi connectivity index (χ0n) is 27.3. The number of fused-ring (bicyclic) bond motifs is 6. The Morgan fingerprint density at radius 3 is 2.22 bits per heavy atom. The molecule has 0 amide bonds. The van der Waals surface area contributed by atoms with Gasteiger partial charge in [-0.15, -0.1) is 42.0 Å². The molecule has 9 aromatic rings. The van der Waals surface area contributed by atoms with Gasteiger partial charge in [0.1, 0.15) is 11.2 Å². The number of furan rings is 2. The molecule has 5 heteroatoms. The van der Waals surface area contributed by atoms with E-state index in [0.717, 1.165) is 72.0 Å².